The molecule has 3 rings (SSSR count). The van der Waals surface area contributed by atoms with Crippen LogP contribution in [-0.4, -0.2) is 43.2 Å². The summed E-state index contributed by atoms with van der Waals surface area (Å²) in [6.07, 6.45) is 0. The number of ether oxygens (including phenoxy) is 1. The van der Waals surface area contributed by atoms with Crippen molar-refractivity contribution in [3.8, 4) is 11.1 Å². The van der Waals surface area contributed by atoms with E-state index in [0.717, 1.165) is 22.0 Å². The van der Waals surface area contributed by atoms with Crippen LogP contribution in [0.25, 0.3) is 22.0 Å². The van der Waals surface area contributed by atoms with Gasteiger partial charge in [0.05, 0.1) is 13.2 Å². The zero-order valence-electron chi connectivity index (χ0n) is 14.9. The van der Waals surface area contributed by atoms with Crippen LogP contribution in [0.3, 0.4) is 0 Å². The van der Waals surface area contributed by atoms with Crippen molar-refractivity contribution in [3.63, 3.8) is 0 Å². The van der Waals surface area contributed by atoms with Gasteiger partial charge in [-0.25, -0.2) is 4.39 Å². The molecule has 1 aromatic heterocycles. The highest BCUT2D eigenvalue weighted by atomic mass is 19.1. The lowest BCUT2D eigenvalue weighted by molar-refractivity contribution is 0.0929. The molecule has 0 aliphatic carbocycles. The molecule has 1 amide bonds. The van der Waals surface area contributed by atoms with Crippen LogP contribution in [0.5, 0.6) is 0 Å². The maximum Gasteiger partial charge on any atom is 0.267 e. The maximum atomic E-state index is 13.1. The van der Waals surface area contributed by atoms with Gasteiger partial charge in [0.2, 0.25) is 0 Å². The number of rotatable bonds is 8. The summed E-state index contributed by atoms with van der Waals surface area (Å²) in [6.45, 7) is 1.53. The Kier molecular flexibility index (Phi) is 6.18. The molecule has 2 aromatic carbocycles. The van der Waals surface area contributed by atoms with Crippen molar-refractivity contribution < 1.29 is 13.9 Å². The second kappa shape index (κ2) is 8.77. The average Bonchev–Trinajstić information content (AvgIpc) is 3.10. The Hall–Kier alpha value is -2.74. The highest BCUT2D eigenvalue weighted by molar-refractivity contribution is 5.98. The molecule has 142 valence electrons. The first-order valence-corrected chi connectivity index (χ1v) is 8.77. The minimum absolute atomic E-state index is 0.233. The third-order valence-corrected chi connectivity index (χ3v) is 4.16. The number of hydrogen-bond donors (Lipinski definition) is 4. The SMILES string of the molecule is NCCOCC(N)CNC(=O)c1cc2ccc(-c3ccc(F)cc3)cc2[nH]1. The second-order valence-corrected chi connectivity index (χ2v) is 6.33. The van der Waals surface area contributed by atoms with Gasteiger partial charge in [0.1, 0.15) is 11.5 Å². The van der Waals surface area contributed by atoms with Crippen LogP contribution < -0.4 is 16.8 Å². The number of amides is 1. The molecule has 3 aromatic rings. The molecule has 0 radical (unpaired) electrons. The molecule has 0 saturated carbocycles. The molecule has 6 N–H and O–H groups in total. The topological polar surface area (TPSA) is 106 Å². The Morgan fingerprint density at radius 1 is 1.15 bits per heavy atom. The summed E-state index contributed by atoms with van der Waals surface area (Å²) in [5.74, 6) is -0.505. The molecule has 27 heavy (non-hydrogen) atoms. The lowest BCUT2D eigenvalue weighted by Gasteiger charge is -2.12. The number of nitrogens with one attached hydrogen (secondary N) is 2. The van der Waals surface area contributed by atoms with Crippen LogP contribution in [0.15, 0.2) is 48.5 Å². The summed E-state index contributed by atoms with van der Waals surface area (Å²) in [5, 5.41) is 3.71. The summed E-state index contributed by atoms with van der Waals surface area (Å²) in [7, 11) is 0. The van der Waals surface area contributed by atoms with Crippen LogP contribution in [0.1, 0.15) is 10.5 Å². The second-order valence-electron chi connectivity index (χ2n) is 6.33. The van der Waals surface area contributed by atoms with Gasteiger partial charge in [0, 0.05) is 30.0 Å². The molecule has 7 heteroatoms. The number of carbonyl (C=O) groups excluding carboxylic acids is 1. The molecule has 0 bridgehead atoms. The summed E-state index contributed by atoms with van der Waals surface area (Å²) >= 11 is 0. The smallest absolute Gasteiger partial charge is 0.267 e. The van der Waals surface area contributed by atoms with E-state index in [1.165, 1.54) is 12.1 Å². The molecular weight excluding hydrogens is 347 g/mol. The van der Waals surface area contributed by atoms with Gasteiger partial charge in [-0.2, -0.15) is 0 Å². The molecule has 0 aliphatic heterocycles. The van der Waals surface area contributed by atoms with Crippen molar-refractivity contribution in [1.82, 2.24) is 10.3 Å². The van der Waals surface area contributed by atoms with Gasteiger partial charge in [-0.1, -0.05) is 24.3 Å². The predicted molar refractivity (Wildman–Crippen MR) is 104 cm³/mol. The Balaban J connectivity index is 1.67. The Morgan fingerprint density at radius 2 is 1.89 bits per heavy atom. The van der Waals surface area contributed by atoms with E-state index in [0.29, 0.717) is 32.0 Å². The molecular formula is C20H23FN4O2. The first-order chi connectivity index (χ1) is 13.1. The van der Waals surface area contributed by atoms with Crippen LogP contribution in [-0.2, 0) is 4.74 Å². The maximum absolute atomic E-state index is 13.1. The van der Waals surface area contributed by atoms with Crippen LogP contribution in [0, 0.1) is 5.82 Å². The molecule has 0 aliphatic rings. The number of aromatic amines is 1. The standard InChI is InChI=1S/C20H23FN4O2/c21-16-5-3-13(4-6-16)14-1-2-15-10-19(25-18(15)9-14)20(26)24-11-17(23)12-27-8-7-22/h1-6,9-10,17,25H,7-8,11-12,22-23H2,(H,24,26). The predicted octanol–water partition coefficient (Wildman–Crippen LogP) is 2.01. The average molecular weight is 370 g/mol. The third-order valence-electron chi connectivity index (χ3n) is 4.16. The lowest BCUT2D eigenvalue weighted by atomic mass is 10.0. The van der Waals surface area contributed by atoms with E-state index in [1.54, 1.807) is 18.2 Å². The number of benzene rings is 2. The van der Waals surface area contributed by atoms with Gasteiger partial charge >= 0.3 is 0 Å². The van der Waals surface area contributed by atoms with E-state index in [9.17, 15) is 9.18 Å². The monoisotopic (exact) mass is 370 g/mol. The fraction of sp³-hybridized carbons (Fsp3) is 0.250. The Bertz CT molecular complexity index is 908. The Labute approximate surface area is 156 Å². The molecule has 1 heterocycles. The van der Waals surface area contributed by atoms with Crippen molar-refractivity contribution in [1.29, 1.82) is 0 Å². The number of nitrogens with two attached hydrogens (primary N) is 2. The van der Waals surface area contributed by atoms with Crippen LogP contribution in [0.4, 0.5) is 4.39 Å². The van der Waals surface area contributed by atoms with E-state index >= 15 is 0 Å². The normalized spacial score (nSPS) is 12.3. The lowest BCUT2D eigenvalue weighted by Crippen LogP contribution is -2.40. The van der Waals surface area contributed by atoms with Gasteiger partial charge in [0.15, 0.2) is 0 Å². The molecule has 0 saturated heterocycles. The van der Waals surface area contributed by atoms with Crippen molar-refractivity contribution >= 4 is 16.8 Å². The van der Waals surface area contributed by atoms with E-state index in [4.69, 9.17) is 16.2 Å². The van der Waals surface area contributed by atoms with Crippen molar-refractivity contribution in [2.75, 3.05) is 26.3 Å². The first kappa shape index (κ1) is 19.0. The fourth-order valence-corrected chi connectivity index (χ4v) is 2.77. The molecule has 1 atom stereocenters. The summed E-state index contributed by atoms with van der Waals surface area (Å²) in [5.41, 5.74) is 14.4. The summed E-state index contributed by atoms with van der Waals surface area (Å²) in [4.78, 5) is 15.5. The van der Waals surface area contributed by atoms with E-state index in [1.807, 2.05) is 18.2 Å². The fourth-order valence-electron chi connectivity index (χ4n) is 2.77. The van der Waals surface area contributed by atoms with Crippen LogP contribution >= 0.6 is 0 Å². The van der Waals surface area contributed by atoms with Crippen molar-refractivity contribution in [2.24, 2.45) is 11.5 Å². The number of H-pyrrole nitrogens is 1. The van der Waals surface area contributed by atoms with E-state index in [2.05, 4.69) is 10.3 Å². The van der Waals surface area contributed by atoms with Gasteiger partial charge in [-0.15, -0.1) is 0 Å². The molecule has 0 fully saturated rings. The van der Waals surface area contributed by atoms with E-state index < -0.39 is 0 Å². The molecule has 6 nitrogen and oxygen atoms in total. The number of fused-ring (bicyclic) bond motifs is 1. The number of halogens is 1. The minimum Gasteiger partial charge on any atom is -0.378 e. The molecule has 0 spiro atoms. The quantitative estimate of drug-likeness (QED) is 0.455. The van der Waals surface area contributed by atoms with Crippen molar-refractivity contribution in [3.05, 3.63) is 60.0 Å². The first-order valence-electron chi connectivity index (χ1n) is 8.77. The number of carbonyl (C=O) groups is 1. The third kappa shape index (κ3) is 4.91. The Morgan fingerprint density at radius 3 is 2.63 bits per heavy atom. The zero-order chi connectivity index (χ0) is 19.2. The van der Waals surface area contributed by atoms with Gasteiger partial charge < -0.3 is 26.5 Å². The van der Waals surface area contributed by atoms with Gasteiger partial charge in [0.25, 0.3) is 5.91 Å². The minimum atomic E-state index is -0.296. The highest BCUT2D eigenvalue weighted by Crippen LogP contribution is 2.25. The van der Waals surface area contributed by atoms with Crippen molar-refractivity contribution in [2.45, 2.75) is 6.04 Å². The largest absolute Gasteiger partial charge is 0.378 e. The van der Waals surface area contributed by atoms with Crippen LogP contribution in [0.2, 0.25) is 0 Å². The summed E-state index contributed by atoms with van der Waals surface area (Å²) < 4.78 is 18.4. The zero-order valence-corrected chi connectivity index (χ0v) is 14.9. The number of hydrogen-bond acceptors (Lipinski definition) is 4. The highest BCUT2D eigenvalue weighted by Gasteiger charge is 2.12. The van der Waals surface area contributed by atoms with Gasteiger partial charge in [-0.3, -0.25) is 4.79 Å². The number of aromatic nitrogens is 1. The molecule has 1 unspecified atom stereocenters. The van der Waals surface area contributed by atoms with E-state index in [-0.39, 0.29) is 17.8 Å². The summed E-state index contributed by atoms with van der Waals surface area (Å²) in [6, 6.07) is 13.6. The van der Waals surface area contributed by atoms with Gasteiger partial charge in [-0.05, 0) is 35.4 Å².